The quantitative estimate of drug-likeness (QED) is 0.602. The number of carbonyl (C=O) groups excluding carboxylic acids is 1. The van der Waals surface area contributed by atoms with E-state index in [4.69, 9.17) is 4.74 Å². The zero-order valence-corrected chi connectivity index (χ0v) is 13.0. The minimum atomic E-state index is -0.0887. The van der Waals surface area contributed by atoms with Crippen molar-refractivity contribution in [3.05, 3.63) is 0 Å². The molecule has 1 saturated carbocycles. The Bertz CT molecular complexity index is 245. The van der Waals surface area contributed by atoms with E-state index < -0.39 is 0 Å². The van der Waals surface area contributed by atoms with Gasteiger partial charge in [0.05, 0.1) is 6.61 Å². The molecule has 1 rings (SSSR count). The Balaban J connectivity index is 2.69. The second-order valence-electron chi connectivity index (χ2n) is 5.97. The van der Waals surface area contributed by atoms with E-state index in [2.05, 4.69) is 18.7 Å². The number of ether oxygens (including phenoxy) is 1. The molecule has 0 heterocycles. The summed E-state index contributed by atoms with van der Waals surface area (Å²) in [6.45, 7) is 7.10. The van der Waals surface area contributed by atoms with Crippen LogP contribution in [0.1, 0.15) is 58.8 Å². The molecule has 0 aromatic rings. The second kappa shape index (κ2) is 8.70. The number of carbonyl (C=O) groups is 1. The topological polar surface area (TPSA) is 29.5 Å². The Kier molecular flexibility index (Phi) is 7.62. The van der Waals surface area contributed by atoms with Gasteiger partial charge < -0.3 is 9.53 Å². The number of hydrogen-bond donors (Lipinski definition) is 0. The fraction of sp³-hybridized carbons (Fsp3) is 0.938. The van der Waals surface area contributed by atoms with Crippen molar-refractivity contribution in [3.63, 3.8) is 0 Å². The third-order valence-corrected chi connectivity index (χ3v) is 4.66. The average molecular weight is 269 g/mol. The van der Waals surface area contributed by atoms with Gasteiger partial charge in [-0.05, 0) is 25.7 Å². The maximum atomic E-state index is 11.6. The predicted molar refractivity (Wildman–Crippen MR) is 79.4 cm³/mol. The SMILES string of the molecule is CCC(CC)N(CCOC)CC1(C=O)CCCCC1. The van der Waals surface area contributed by atoms with E-state index in [0.717, 1.165) is 45.4 Å². The molecule has 0 N–H and O–H groups in total. The highest BCUT2D eigenvalue weighted by Gasteiger charge is 2.34. The van der Waals surface area contributed by atoms with E-state index in [1.54, 1.807) is 7.11 Å². The lowest BCUT2D eigenvalue weighted by molar-refractivity contribution is -0.119. The molecule has 0 unspecified atom stereocenters. The molecule has 112 valence electrons. The van der Waals surface area contributed by atoms with Crippen LogP contribution in [0.3, 0.4) is 0 Å². The first-order valence-electron chi connectivity index (χ1n) is 7.90. The molecule has 0 aliphatic heterocycles. The highest BCUT2D eigenvalue weighted by Crippen LogP contribution is 2.35. The Morgan fingerprint density at radius 3 is 2.32 bits per heavy atom. The molecule has 1 aliphatic rings. The minimum Gasteiger partial charge on any atom is -0.383 e. The van der Waals surface area contributed by atoms with Crippen molar-refractivity contribution in [1.82, 2.24) is 4.90 Å². The van der Waals surface area contributed by atoms with E-state index in [1.165, 1.54) is 25.5 Å². The Morgan fingerprint density at radius 1 is 1.21 bits per heavy atom. The summed E-state index contributed by atoms with van der Waals surface area (Å²) in [6.07, 6.45) is 9.39. The van der Waals surface area contributed by atoms with Gasteiger partial charge in [0.25, 0.3) is 0 Å². The Labute approximate surface area is 118 Å². The van der Waals surface area contributed by atoms with E-state index in [9.17, 15) is 4.79 Å². The number of hydrogen-bond acceptors (Lipinski definition) is 3. The summed E-state index contributed by atoms with van der Waals surface area (Å²) in [4.78, 5) is 14.1. The standard InChI is InChI=1S/C16H31NO2/c1-4-15(5-2)17(11-12-19-3)13-16(14-18)9-7-6-8-10-16/h14-15H,4-13H2,1-3H3. The van der Waals surface area contributed by atoms with E-state index in [-0.39, 0.29) is 5.41 Å². The van der Waals surface area contributed by atoms with Crippen LogP contribution >= 0.6 is 0 Å². The van der Waals surface area contributed by atoms with E-state index in [0.29, 0.717) is 6.04 Å². The molecule has 0 atom stereocenters. The van der Waals surface area contributed by atoms with Crippen molar-refractivity contribution in [2.24, 2.45) is 5.41 Å². The molecule has 0 radical (unpaired) electrons. The molecular weight excluding hydrogens is 238 g/mol. The van der Waals surface area contributed by atoms with E-state index >= 15 is 0 Å². The van der Waals surface area contributed by atoms with Crippen molar-refractivity contribution >= 4 is 6.29 Å². The largest absolute Gasteiger partial charge is 0.383 e. The maximum absolute atomic E-state index is 11.6. The fourth-order valence-electron chi connectivity index (χ4n) is 3.38. The number of methoxy groups -OCH3 is 1. The molecule has 1 fully saturated rings. The molecular formula is C16H31NO2. The summed E-state index contributed by atoms with van der Waals surface area (Å²) in [7, 11) is 1.75. The van der Waals surface area contributed by atoms with Crippen LogP contribution < -0.4 is 0 Å². The molecule has 0 aromatic carbocycles. The third-order valence-electron chi connectivity index (χ3n) is 4.66. The molecule has 0 amide bonds. The van der Waals surface area contributed by atoms with Gasteiger partial charge in [0.2, 0.25) is 0 Å². The lowest BCUT2D eigenvalue weighted by Gasteiger charge is -2.40. The summed E-state index contributed by atoms with van der Waals surface area (Å²) in [5.74, 6) is 0. The first-order valence-corrected chi connectivity index (χ1v) is 7.90. The highest BCUT2D eigenvalue weighted by molar-refractivity contribution is 5.60. The van der Waals surface area contributed by atoms with Crippen molar-refractivity contribution in [3.8, 4) is 0 Å². The first kappa shape index (κ1) is 16.6. The zero-order chi connectivity index (χ0) is 14.1. The van der Waals surface area contributed by atoms with Gasteiger partial charge in [-0.3, -0.25) is 4.90 Å². The molecule has 3 nitrogen and oxygen atoms in total. The molecule has 3 heteroatoms. The summed E-state index contributed by atoms with van der Waals surface area (Å²) < 4.78 is 5.24. The van der Waals surface area contributed by atoms with Crippen LogP contribution in [0.2, 0.25) is 0 Å². The monoisotopic (exact) mass is 269 g/mol. The Hall–Kier alpha value is -0.410. The van der Waals surface area contributed by atoms with Crippen LogP contribution in [0, 0.1) is 5.41 Å². The summed E-state index contributed by atoms with van der Waals surface area (Å²) in [6, 6.07) is 0.578. The van der Waals surface area contributed by atoms with Gasteiger partial charge in [-0.1, -0.05) is 33.1 Å². The molecule has 19 heavy (non-hydrogen) atoms. The van der Waals surface area contributed by atoms with Crippen molar-refractivity contribution in [2.45, 2.75) is 64.8 Å². The summed E-state index contributed by atoms with van der Waals surface area (Å²) in [5.41, 5.74) is -0.0887. The van der Waals surface area contributed by atoms with Crippen molar-refractivity contribution in [1.29, 1.82) is 0 Å². The predicted octanol–water partition coefficient (Wildman–Crippen LogP) is 3.27. The summed E-state index contributed by atoms with van der Waals surface area (Å²) in [5, 5.41) is 0. The Morgan fingerprint density at radius 2 is 1.84 bits per heavy atom. The molecule has 0 saturated heterocycles. The number of rotatable bonds is 9. The smallest absolute Gasteiger partial charge is 0.127 e. The van der Waals surface area contributed by atoms with Gasteiger partial charge in [0.15, 0.2) is 0 Å². The van der Waals surface area contributed by atoms with Crippen LogP contribution in [0.25, 0.3) is 0 Å². The zero-order valence-electron chi connectivity index (χ0n) is 13.0. The van der Waals surface area contributed by atoms with Crippen LogP contribution in [0.15, 0.2) is 0 Å². The van der Waals surface area contributed by atoms with Crippen LogP contribution in [-0.4, -0.2) is 44.0 Å². The maximum Gasteiger partial charge on any atom is 0.127 e. The van der Waals surface area contributed by atoms with Gasteiger partial charge in [0, 0.05) is 31.7 Å². The van der Waals surface area contributed by atoms with Gasteiger partial charge in [-0.15, -0.1) is 0 Å². The molecule has 0 spiro atoms. The number of nitrogens with zero attached hydrogens (tertiary/aromatic N) is 1. The fourth-order valence-corrected chi connectivity index (χ4v) is 3.38. The van der Waals surface area contributed by atoms with E-state index in [1.807, 2.05) is 0 Å². The summed E-state index contributed by atoms with van der Waals surface area (Å²) >= 11 is 0. The van der Waals surface area contributed by atoms with Gasteiger partial charge in [0.1, 0.15) is 6.29 Å². The normalized spacial score (nSPS) is 19.0. The second-order valence-corrected chi connectivity index (χ2v) is 5.97. The van der Waals surface area contributed by atoms with Crippen LogP contribution in [-0.2, 0) is 9.53 Å². The van der Waals surface area contributed by atoms with Crippen LogP contribution in [0.5, 0.6) is 0 Å². The van der Waals surface area contributed by atoms with Gasteiger partial charge in [-0.2, -0.15) is 0 Å². The minimum absolute atomic E-state index is 0.0887. The lowest BCUT2D eigenvalue weighted by Crippen LogP contribution is -2.46. The van der Waals surface area contributed by atoms with Crippen molar-refractivity contribution < 1.29 is 9.53 Å². The van der Waals surface area contributed by atoms with Crippen molar-refractivity contribution in [2.75, 3.05) is 26.8 Å². The lowest BCUT2D eigenvalue weighted by atomic mass is 9.74. The highest BCUT2D eigenvalue weighted by atomic mass is 16.5. The third kappa shape index (κ3) is 4.88. The molecule has 0 aromatic heterocycles. The molecule has 0 bridgehead atoms. The number of aldehydes is 1. The van der Waals surface area contributed by atoms with Gasteiger partial charge in [-0.25, -0.2) is 0 Å². The average Bonchev–Trinajstić information content (AvgIpc) is 2.46. The van der Waals surface area contributed by atoms with Gasteiger partial charge >= 0.3 is 0 Å². The molecule has 1 aliphatic carbocycles. The first-order chi connectivity index (χ1) is 9.21. The van der Waals surface area contributed by atoms with Crippen LogP contribution in [0.4, 0.5) is 0 Å².